The van der Waals surface area contributed by atoms with E-state index in [9.17, 15) is 4.79 Å². The number of aromatic carboxylic acids is 1. The quantitative estimate of drug-likeness (QED) is 0.857. The van der Waals surface area contributed by atoms with Crippen LogP contribution in [-0.4, -0.2) is 16.1 Å². The first-order chi connectivity index (χ1) is 8.09. The van der Waals surface area contributed by atoms with Gasteiger partial charge < -0.3 is 5.11 Å². The van der Waals surface area contributed by atoms with Crippen molar-refractivity contribution in [2.24, 2.45) is 0 Å². The highest BCUT2D eigenvalue weighted by Gasteiger charge is 2.09. The van der Waals surface area contributed by atoms with Gasteiger partial charge in [0, 0.05) is 12.4 Å². The molecule has 0 bridgehead atoms. The number of carboxylic acids is 1. The van der Waals surface area contributed by atoms with Gasteiger partial charge in [-0.25, -0.2) is 4.79 Å². The molecule has 17 heavy (non-hydrogen) atoms. The Morgan fingerprint density at radius 3 is 2.59 bits per heavy atom. The van der Waals surface area contributed by atoms with Crippen LogP contribution in [-0.2, 0) is 0 Å². The summed E-state index contributed by atoms with van der Waals surface area (Å²) in [5.41, 5.74) is 4.08. The number of hydrogen-bond donors (Lipinski definition) is 1. The lowest BCUT2D eigenvalue weighted by Gasteiger charge is -2.08. The molecule has 1 heterocycles. The molecule has 2 aromatic rings. The molecule has 0 aliphatic carbocycles. The summed E-state index contributed by atoms with van der Waals surface area (Å²) in [6, 6.07) is 7.37. The van der Waals surface area contributed by atoms with Crippen molar-refractivity contribution < 1.29 is 9.90 Å². The van der Waals surface area contributed by atoms with E-state index in [4.69, 9.17) is 5.11 Å². The Balaban J connectivity index is 2.58. The zero-order chi connectivity index (χ0) is 12.4. The standard InChI is InChI=1S/C14H13NO2/c1-9-3-4-11(7-13(9)14(16)17)12-5-6-15-8-10(12)2/h3-8H,1-2H3,(H,16,17). The van der Waals surface area contributed by atoms with Gasteiger partial charge in [-0.3, -0.25) is 4.98 Å². The maximum Gasteiger partial charge on any atom is 0.335 e. The van der Waals surface area contributed by atoms with E-state index in [1.807, 2.05) is 25.1 Å². The largest absolute Gasteiger partial charge is 0.478 e. The topological polar surface area (TPSA) is 50.2 Å². The van der Waals surface area contributed by atoms with Crippen molar-refractivity contribution in [2.45, 2.75) is 13.8 Å². The van der Waals surface area contributed by atoms with Crippen LogP contribution in [0.4, 0.5) is 0 Å². The predicted molar refractivity (Wildman–Crippen MR) is 66.1 cm³/mol. The van der Waals surface area contributed by atoms with Crippen LogP contribution in [0.1, 0.15) is 21.5 Å². The zero-order valence-electron chi connectivity index (χ0n) is 9.77. The number of carboxylic acid groups (broad SMARTS) is 1. The SMILES string of the molecule is Cc1ccc(-c2ccncc2C)cc1C(=O)O. The smallest absolute Gasteiger partial charge is 0.335 e. The number of hydrogen-bond acceptors (Lipinski definition) is 2. The Bertz CT molecular complexity index is 576. The highest BCUT2D eigenvalue weighted by atomic mass is 16.4. The minimum atomic E-state index is -0.893. The highest BCUT2D eigenvalue weighted by Crippen LogP contribution is 2.24. The van der Waals surface area contributed by atoms with Crippen molar-refractivity contribution in [3.63, 3.8) is 0 Å². The van der Waals surface area contributed by atoms with Gasteiger partial charge in [0.25, 0.3) is 0 Å². The van der Waals surface area contributed by atoms with Crippen molar-refractivity contribution in [1.29, 1.82) is 0 Å². The fourth-order valence-electron chi connectivity index (χ4n) is 1.82. The van der Waals surface area contributed by atoms with Gasteiger partial charge in [-0.15, -0.1) is 0 Å². The average Bonchev–Trinajstić information content (AvgIpc) is 2.30. The normalized spacial score (nSPS) is 10.2. The summed E-state index contributed by atoms with van der Waals surface area (Å²) in [7, 11) is 0. The third-order valence-corrected chi connectivity index (χ3v) is 2.80. The molecule has 0 spiro atoms. The van der Waals surface area contributed by atoms with Crippen molar-refractivity contribution >= 4 is 5.97 Å². The van der Waals surface area contributed by atoms with E-state index in [-0.39, 0.29) is 0 Å². The third kappa shape index (κ3) is 2.18. The molecule has 0 unspecified atom stereocenters. The van der Waals surface area contributed by atoms with E-state index in [1.165, 1.54) is 0 Å². The molecule has 0 aliphatic rings. The van der Waals surface area contributed by atoms with Gasteiger partial charge >= 0.3 is 5.97 Å². The summed E-state index contributed by atoms with van der Waals surface area (Å²) >= 11 is 0. The second-order valence-corrected chi connectivity index (χ2v) is 4.03. The zero-order valence-corrected chi connectivity index (χ0v) is 9.77. The average molecular weight is 227 g/mol. The van der Waals surface area contributed by atoms with Gasteiger partial charge in [-0.2, -0.15) is 0 Å². The van der Waals surface area contributed by atoms with Crippen LogP contribution in [0.15, 0.2) is 36.7 Å². The van der Waals surface area contributed by atoms with Crippen molar-refractivity contribution in [3.05, 3.63) is 53.3 Å². The molecule has 2 rings (SSSR count). The molecule has 0 saturated heterocycles. The number of pyridine rings is 1. The molecule has 1 aromatic heterocycles. The first kappa shape index (κ1) is 11.3. The van der Waals surface area contributed by atoms with Crippen molar-refractivity contribution in [1.82, 2.24) is 4.98 Å². The Morgan fingerprint density at radius 1 is 1.18 bits per heavy atom. The maximum atomic E-state index is 11.1. The van der Waals surface area contributed by atoms with Crippen LogP contribution in [0.3, 0.4) is 0 Å². The van der Waals surface area contributed by atoms with Crippen LogP contribution in [0, 0.1) is 13.8 Å². The summed E-state index contributed by atoms with van der Waals surface area (Å²) in [4.78, 5) is 15.1. The second-order valence-electron chi connectivity index (χ2n) is 4.03. The Kier molecular flexibility index (Phi) is 2.91. The summed E-state index contributed by atoms with van der Waals surface area (Å²) < 4.78 is 0. The molecule has 0 fully saturated rings. The van der Waals surface area contributed by atoms with Crippen LogP contribution in [0.25, 0.3) is 11.1 Å². The molecular formula is C14H13NO2. The fourth-order valence-corrected chi connectivity index (χ4v) is 1.82. The Labute approximate surface area is 99.8 Å². The minimum absolute atomic E-state index is 0.346. The van der Waals surface area contributed by atoms with E-state index in [2.05, 4.69) is 4.98 Å². The molecule has 1 N–H and O–H groups in total. The molecule has 0 aliphatic heterocycles. The first-order valence-electron chi connectivity index (χ1n) is 5.34. The van der Waals surface area contributed by atoms with Gasteiger partial charge in [-0.05, 0) is 48.2 Å². The number of benzene rings is 1. The van der Waals surface area contributed by atoms with Crippen molar-refractivity contribution in [3.8, 4) is 11.1 Å². The number of nitrogens with zero attached hydrogens (tertiary/aromatic N) is 1. The van der Waals surface area contributed by atoms with Crippen LogP contribution < -0.4 is 0 Å². The summed E-state index contributed by atoms with van der Waals surface area (Å²) in [5.74, 6) is -0.893. The van der Waals surface area contributed by atoms with Crippen LogP contribution in [0.5, 0.6) is 0 Å². The molecular weight excluding hydrogens is 214 g/mol. The Hall–Kier alpha value is -2.16. The molecule has 0 radical (unpaired) electrons. The molecule has 3 nitrogen and oxygen atoms in total. The summed E-state index contributed by atoms with van der Waals surface area (Å²) in [6.45, 7) is 3.76. The third-order valence-electron chi connectivity index (χ3n) is 2.80. The van der Waals surface area contributed by atoms with E-state index in [0.717, 1.165) is 22.3 Å². The summed E-state index contributed by atoms with van der Waals surface area (Å²) in [5, 5.41) is 9.09. The number of rotatable bonds is 2. The molecule has 3 heteroatoms. The van der Waals surface area contributed by atoms with E-state index >= 15 is 0 Å². The van der Waals surface area contributed by atoms with Gasteiger partial charge in [0.2, 0.25) is 0 Å². The maximum absolute atomic E-state index is 11.1. The fraction of sp³-hybridized carbons (Fsp3) is 0.143. The lowest BCUT2D eigenvalue weighted by Crippen LogP contribution is -2.00. The van der Waals surface area contributed by atoms with Crippen LogP contribution >= 0.6 is 0 Å². The highest BCUT2D eigenvalue weighted by molar-refractivity contribution is 5.91. The number of carbonyl (C=O) groups is 1. The molecule has 0 saturated carbocycles. The molecule has 0 atom stereocenters. The lowest BCUT2D eigenvalue weighted by atomic mass is 9.98. The molecule has 86 valence electrons. The van der Waals surface area contributed by atoms with Gasteiger partial charge in [0.1, 0.15) is 0 Å². The lowest BCUT2D eigenvalue weighted by molar-refractivity contribution is 0.0696. The van der Waals surface area contributed by atoms with E-state index < -0.39 is 5.97 Å². The minimum Gasteiger partial charge on any atom is -0.478 e. The van der Waals surface area contributed by atoms with Crippen LogP contribution in [0.2, 0.25) is 0 Å². The molecule has 1 aromatic carbocycles. The predicted octanol–water partition coefficient (Wildman–Crippen LogP) is 3.06. The molecule has 0 amide bonds. The van der Waals surface area contributed by atoms with Gasteiger partial charge in [-0.1, -0.05) is 12.1 Å². The first-order valence-corrected chi connectivity index (χ1v) is 5.34. The van der Waals surface area contributed by atoms with Gasteiger partial charge in [0.15, 0.2) is 0 Å². The Morgan fingerprint density at radius 2 is 1.94 bits per heavy atom. The van der Waals surface area contributed by atoms with Crippen molar-refractivity contribution in [2.75, 3.05) is 0 Å². The van der Waals surface area contributed by atoms with Gasteiger partial charge in [0.05, 0.1) is 5.56 Å². The second kappa shape index (κ2) is 4.37. The number of aryl methyl sites for hydroxylation is 2. The van der Waals surface area contributed by atoms with E-state index in [0.29, 0.717) is 5.56 Å². The summed E-state index contributed by atoms with van der Waals surface area (Å²) in [6.07, 6.45) is 3.48. The number of aromatic nitrogens is 1. The van der Waals surface area contributed by atoms with E-state index in [1.54, 1.807) is 25.4 Å². The monoisotopic (exact) mass is 227 g/mol.